The molecule has 1 aromatic carbocycles. The van der Waals surface area contributed by atoms with Crippen LogP contribution in [0.5, 0.6) is 0 Å². The van der Waals surface area contributed by atoms with E-state index in [4.69, 9.17) is 20.4 Å². The molecule has 0 spiro atoms. The van der Waals surface area contributed by atoms with Crippen molar-refractivity contribution in [3.8, 4) is 0 Å². The predicted molar refractivity (Wildman–Crippen MR) is 153 cm³/mol. The maximum Gasteiger partial charge on any atom is 2.00 e. The molecule has 0 saturated carbocycles. The van der Waals surface area contributed by atoms with E-state index in [-0.39, 0.29) is 66.1 Å². The quantitative estimate of drug-likeness (QED) is 0.195. The van der Waals surface area contributed by atoms with Crippen molar-refractivity contribution >= 4 is 27.9 Å². The third-order valence-corrected chi connectivity index (χ3v) is 7.34. The molecule has 1 heterocycles. The monoisotopic (exact) mass is 759 g/mol. The first-order chi connectivity index (χ1) is 19.3. The van der Waals surface area contributed by atoms with Gasteiger partial charge in [0, 0.05) is 39.3 Å². The molecule has 2 rings (SSSR count). The van der Waals surface area contributed by atoms with Gasteiger partial charge in [-0.25, -0.2) is 12.7 Å². The zero-order chi connectivity index (χ0) is 30.8. The van der Waals surface area contributed by atoms with Gasteiger partial charge in [-0.05, 0) is 25.1 Å². The van der Waals surface area contributed by atoms with Crippen molar-refractivity contribution in [3.05, 3.63) is 48.1 Å². The van der Waals surface area contributed by atoms with Crippen LogP contribution in [0.15, 0.2) is 30.3 Å². The Labute approximate surface area is 280 Å². The second-order valence-corrected chi connectivity index (χ2v) is 11.7. The molecule has 0 radical (unpaired) electrons. The summed E-state index contributed by atoms with van der Waals surface area (Å²) in [4.78, 5) is 38.0. The Kier molecular flexibility index (Phi) is 21.5. The minimum absolute atomic E-state index is 0. The van der Waals surface area contributed by atoms with Crippen LogP contribution in [0.25, 0.3) is 5.32 Å². The molecule has 1 unspecified atom stereocenters. The molecule has 240 valence electrons. The number of hydrogen-bond donors (Lipinski definition) is 4. The molecule has 0 aromatic heterocycles. The molecule has 1 fully saturated rings. The molecule has 4 N–H and O–H groups in total. The van der Waals surface area contributed by atoms with Crippen LogP contribution in [0, 0.1) is 46.9 Å². The van der Waals surface area contributed by atoms with Gasteiger partial charge in [-0.2, -0.15) is 0 Å². The van der Waals surface area contributed by atoms with Gasteiger partial charge in [-0.1, -0.05) is 36.4 Å². The number of aliphatic hydroxyl groups excluding tert-OH is 1. The molecular weight excluding hydrogens is 716 g/mol. The van der Waals surface area contributed by atoms with Crippen molar-refractivity contribution in [3.63, 3.8) is 0 Å². The smallest absolute Gasteiger partial charge is 0.660 e. The third kappa shape index (κ3) is 20.5. The zero-order valence-corrected chi connectivity index (χ0v) is 27.0. The average Bonchev–Trinajstić information content (AvgIpc) is 2.85. The van der Waals surface area contributed by atoms with Crippen molar-refractivity contribution in [2.45, 2.75) is 12.5 Å². The molecular formula is C26H43GdN5O9S. The van der Waals surface area contributed by atoms with E-state index in [0.29, 0.717) is 65.3 Å². The van der Waals surface area contributed by atoms with E-state index >= 15 is 0 Å². The van der Waals surface area contributed by atoms with Crippen LogP contribution >= 0.6 is 0 Å². The van der Waals surface area contributed by atoms with E-state index in [1.165, 1.54) is 4.31 Å². The van der Waals surface area contributed by atoms with E-state index in [1.807, 2.05) is 30.3 Å². The van der Waals surface area contributed by atoms with Gasteiger partial charge in [-0.15, -0.1) is 13.1 Å². The number of aliphatic carboxylic acids is 3. The molecule has 14 nitrogen and oxygen atoms in total. The van der Waals surface area contributed by atoms with Gasteiger partial charge in [0.2, 0.25) is 10.0 Å². The number of nitrogens with zero attached hydrogens (tertiary/aromatic N) is 5. The van der Waals surface area contributed by atoms with Gasteiger partial charge in [0.15, 0.2) is 0 Å². The fraction of sp³-hybridized carbons (Fsp3) is 0.615. The predicted octanol–water partition coefficient (Wildman–Crippen LogP) is -0.781. The minimum atomic E-state index is -3.30. The first-order valence-electron chi connectivity index (χ1n) is 13.2. The summed E-state index contributed by atoms with van der Waals surface area (Å²) in [5.74, 6) is -2.83. The summed E-state index contributed by atoms with van der Waals surface area (Å²) in [7, 11) is -3.30. The maximum atomic E-state index is 11.5. The molecule has 0 amide bonds. The summed E-state index contributed by atoms with van der Waals surface area (Å²) in [5, 5.41) is 40.4. The molecule has 0 bridgehead atoms. The van der Waals surface area contributed by atoms with Crippen LogP contribution in [0.2, 0.25) is 0 Å². The van der Waals surface area contributed by atoms with Crippen LogP contribution < -0.4 is 0 Å². The number of carboxylic acid groups (broad SMARTS) is 3. The summed E-state index contributed by atoms with van der Waals surface area (Å²) < 4.78 is 24.2. The van der Waals surface area contributed by atoms with Crippen molar-refractivity contribution in [2.75, 3.05) is 91.3 Å². The summed E-state index contributed by atoms with van der Waals surface area (Å²) in [6, 6.07) is 9.63. The van der Waals surface area contributed by atoms with Crippen LogP contribution in [-0.2, 0) is 30.8 Å². The van der Waals surface area contributed by atoms with Crippen LogP contribution in [0.1, 0.15) is 5.56 Å². The average molecular weight is 759 g/mol. The Morgan fingerprint density at radius 2 is 1.26 bits per heavy atom. The fourth-order valence-electron chi connectivity index (χ4n) is 4.01. The van der Waals surface area contributed by atoms with E-state index in [0.717, 1.165) is 11.8 Å². The van der Waals surface area contributed by atoms with Crippen molar-refractivity contribution in [1.82, 2.24) is 19.0 Å². The largest absolute Gasteiger partial charge is 2.00 e. The Balaban J connectivity index is 0.000000825. The van der Waals surface area contributed by atoms with E-state index < -0.39 is 34.0 Å². The van der Waals surface area contributed by atoms with Crippen molar-refractivity contribution < 1.29 is 83.2 Å². The molecule has 1 saturated heterocycles. The molecule has 1 aliphatic heterocycles. The fourth-order valence-corrected chi connectivity index (χ4v) is 4.88. The molecule has 0 aliphatic carbocycles. The van der Waals surface area contributed by atoms with Crippen LogP contribution in [0.4, 0.5) is 0 Å². The van der Waals surface area contributed by atoms with Gasteiger partial charge in [0.05, 0.1) is 25.9 Å². The number of sulfonamides is 1. The molecule has 1 aromatic rings. The van der Waals surface area contributed by atoms with Gasteiger partial charge < -0.3 is 32.7 Å². The Hall–Kier alpha value is -1.34. The Morgan fingerprint density at radius 3 is 1.62 bits per heavy atom. The minimum Gasteiger partial charge on any atom is -0.660 e. The first-order valence-corrected chi connectivity index (χ1v) is 15.1. The summed E-state index contributed by atoms with van der Waals surface area (Å²) in [6.07, 6.45) is 0.863. The molecule has 1 atom stereocenters. The van der Waals surface area contributed by atoms with Crippen molar-refractivity contribution in [2.24, 2.45) is 0 Å². The van der Waals surface area contributed by atoms with E-state index in [9.17, 15) is 22.8 Å². The number of aliphatic hydroxyl groups is 1. The number of benzene rings is 1. The third-order valence-electron chi connectivity index (χ3n) is 6.07. The maximum absolute atomic E-state index is 11.5. The number of hydrogen-bond acceptors (Lipinski definition) is 9. The van der Waals surface area contributed by atoms with Gasteiger partial charge in [0.1, 0.15) is 0 Å². The summed E-state index contributed by atoms with van der Waals surface area (Å²) in [5.41, 5.74) is 1.07. The standard InChI is InChI=1S/C14H25N4O6.C12H18NO3S.Gd/c19-12(20)9-16-3-1-15-2-4-17(10-13(21)22)6-8-18(7-5-16)11-14(23)24;1-11(14)10-13(17(2,15)16)9-8-12-6-4-3-5-7-12;/h1-11H2,(H,19,20)(H,21,22)(H,23,24);3-7,11,14H,1,8-10H2,2H3;/q2*-1;+2. The number of carboxylic acids is 3. The van der Waals surface area contributed by atoms with Crippen LogP contribution in [0.3, 0.4) is 0 Å². The van der Waals surface area contributed by atoms with E-state index in [2.05, 4.69) is 12.2 Å². The first kappa shape index (κ1) is 40.7. The normalized spacial score (nSPS) is 17.0. The summed E-state index contributed by atoms with van der Waals surface area (Å²) >= 11 is 0. The molecule has 1 aliphatic rings. The van der Waals surface area contributed by atoms with Gasteiger partial charge in [-0.3, -0.25) is 29.1 Å². The number of carbonyl (C=O) groups is 3. The Bertz CT molecular complexity index is 1000. The zero-order valence-electron chi connectivity index (χ0n) is 23.9. The van der Waals surface area contributed by atoms with Crippen molar-refractivity contribution in [1.29, 1.82) is 0 Å². The van der Waals surface area contributed by atoms with Crippen LogP contribution in [-0.4, -0.2) is 163 Å². The van der Waals surface area contributed by atoms with Gasteiger partial charge in [0.25, 0.3) is 0 Å². The van der Waals surface area contributed by atoms with Gasteiger partial charge >= 0.3 is 57.8 Å². The topological polar surface area (TPSA) is 193 Å². The molecule has 16 heteroatoms. The second-order valence-electron chi connectivity index (χ2n) is 9.69. The molecule has 42 heavy (non-hydrogen) atoms. The number of rotatable bonds is 12. The van der Waals surface area contributed by atoms with E-state index in [1.54, 1.807) is 14.7 Å². The summed E-state index contributed by atoms with van der Waals surface area (Å²) in [6.45, 7) is 6.95. The Morgan fingerprint density at radius 1 is 0.857 bits per heavy atom. The SMILES string of the molecule is O=C(O)CN1CC[N-]CCN(CC(=O)O)CCN(CC(=O)O)CC1.[CH2-]C(O)CN(CCc1ccccc1)S(C)(=O)=O.[Gd+2]. The second kappa shape index (κ2) is 22.2.